The minimum Gasteiger partial charge on any atom is -0.444 e. The van der Waals surface area contributed by atoms with Crippen LogP contribution in [0.5, 0.6) is 0 Å². The smallest absolute Gasteiger partial charge is 0.407 e. The molecule has 33 heavy (non-hydrogen) atoms. The summed E-state index contributed by atoms with van der Waals surface area (Å²) in [6.07, 6.45) is 1.58. The number of hydrogen-bond acceptors (Lipinski definition) is 4. The highest BCUT2D eigenvalue weighted by Crippen LogP contribution is 2.30. The summed E-state index contributed by atoms with van der Waals surface area (Å²) in [5.41, 5.74) is 1.71. The van der Waals surface area contributed by atoms with E-state index in [9.17, 15) is 9.18 Å². The van der Waals surface area contributed by atoms with Crippen molar-refractivity contribution in [2.75, 3.05) is 24.5 Å². The Morgan fingerprint density at radius 1 is 1.24 bits per heavy atom. The summed E-state index contributed by atoms with van der Waals surface area (Å²) in [6, 6.07) is 12.6. The molecule has 1 N–H and O–H groups in total. The number of fused-ring (bicyclic) bond motifs is 1. The van der Waals surface area contributed by atoms with Crippen LogP contribution < -0.4 is 10.2 Å². The van der Waals surface area contributed by atoms with Gasteiger partial charge in [0.1, 0.15) is 11.4 Å². The van der Waals surface area contributed by atoms with Crippen LogP contribution in [-0.2, 0) is 11.3 Å². The molecule has 1 fully saturated rings. The zero-order valence-corrected chi connectivity index (χ0v) is 20.0. The molecule has 6 nitrogen and oxygen atoms in total. The quantitative estimate of drug-likeness (QED) is 0.523. The number of imidazole rings is 1. The molecular weight excluding hydrogens is 443 g/mol. The first-order valence-electron chi connectivity index (χ1n) is 11.3. The first-order chi connectivity index (χ1) is 15.7. The Kier molecular flexibility index (Phi) is 6.79. The second-order valence-electron chi connectivity index (χ2n) is 9.52. The predicted octanol–water partition coefficient (Wildman–Crippen LogP) is 5.62. The van der Waals surface area contributed by atoms with Gasteiger partial charge in [-0.05, 0) is 63.8 Å². The van der Waals surface area contributed by atoms with Crippen molar-refractivity contribution in [2.45, 2.75) is 45.8 Å². The maximum absolute atomic E-state index is 14.6. The monoisotopic (exact) mass is 472 g/mol. The van der Waals surface area contributed by atoms with E-state index in [2.05, 4.69) is 10.2 Å². The Morgan fingerprint density at radius 2 is 2.03 bits per heavy atom. The average Bonchev–Trinajstić information content (AvgIpc) is 3.12. The van der Waals surface area contributed by atoms with E-state index < -0.39 is 11.7 Å². The van der Waals surface area contributed by atoms with Gasteiger partial charge in [0.05, 0.1) is 17.6 Å². The minimum atomic E-state index is -0.526. The van der Waals surface area contributed by atoms with Crippen LogP contribution in [0.25, 0.3) is 11.0 Å². The van der Waals surface area contributed by atoms with E-state index in [1.54, 1.807) is 12.1 Å². The molecule has 0 bridgehead atoms. The fourth-order valence-electron chi connectivity index (χ4n) is 4.26. The molecule has 1 atom stereocenters. The van der Waals surface area contributed by atoms with Gasteiger partial charge in [-0.15, -0.1) is 0 Å². The lowest BCUT2D eigenvalue weighted by Crippen LogP contribution is -2.43. The Hall–Kier alpha value is -2.80. The summed E-state index contributed by atoms with van der Waals surface area (Å²) in [7, 11) is 0. The van der Waals surface area contributed by atoms with Gasteiger partial charge >= 0.3 is 6.09 Å². The molecule has 1 aromatic heterocycles. The van der Waals surface area contributed by atoms with Crippen LogP contribution in [0.4, 0.5) is 15.1 Å². The van der Waals surface area contributed by atoms with Gasteiger partial charge in [-0.1, -0.05) is 29.8 Å². The molecule has 1 aliphatic rings. The third-order valence-corrected chi connectivity index (χ3v) is 6.10. The van der Waals surface area contributed by atoms with Crippen molar-refractivity contribution in [1.29, 1.82) is 0 Å². The summed E-state index contributed by atoms with van der Waals surface area (Å²) < 4.78 is 22.0. The molecule has 3 aromatic rings. The van der Waals surface area contributed by atoms with Crippen molar-refractivity contribution >= 4 is 34.7 Å². The van der Waals surface area contributed by atoms with E-state index in [0.29, 0.717) is 23.7 Å². The Labute approximate surface area is 198 Å². The first-order valence-corrected chi connectivity index (χ1v) is 11.7. The number of para-hydroxylation sites is 2. The van der Waals surface area contributed by atoms with E-state index in [4.69, 9.17) is 21.3 Å². The first kappa shape index (κ1) is 23.4. The van der Waals surface area contributed by atoms with Crippen LogP contribution >= 0.6 is 11.6 Å². The number of rotatable bonds is 5. The minimum absolute atomic E-state index is 0.261. The number of anilines is 1. The molecule has 1 aliphatic heterocycles. The van der Waals surface area contributed by atoms with Gasteiger partial charge in [0.15, 0.2) is 0 Å². The van der Waals surface area contributed by atoms with Gasteiger partial charge in [-0.2, -0.15) is 0 Å². The predicted molar refractivity (Wildman–Crippen MR) is 129 cm³/mol. The van der Waals surface area contributed by atoms with Crippen LogP contribution in [0, 0.1) is 11.7 Å². The molecule has 2 aromatic carbocycles. The second-order valence-corrected chi connectivity index (χ2v) is 9.93. The normalized spacial score (nSPS) is 16.8. The van der Waals surface area contributed by atoms with E-state index in [0.717, 1.165) is 42.9 Å². The van der Waals surface area contributed by atoms with E-state index in [-0.39, 0.29) is 11.7 Å². The van der Waals surface area contributed by atoms with Crippen LogP contribution in [0.2, 0.25) is 5.02 Å². The number of halogens is 2. The standard InChI is InChI=1S/C25H30ClFN4O2/c1-25(2,3)33-24(32)28-14-17-8-7-13-30(15-17)23-29-21-11-4-5-12-22(21)31(23)16-18-19(26)9-6-10-20(18)27/h4-6,9-12,17H,7-8,13-16H2,1-3H3,(H,28,32)/t17-/m1/s1. The number of carbonyl (C=O) groups is 1. The number of hydrogen-bond donors (Lipinski definition) is 1. The fourth-order valence-corrected chi connectivity index (χ4v) is 4.48. The van der Waals surface area contributed by atoms with Crippen LogP contribution in [0.15, 0.2) is 42.5 Å². The Bertz CT molecular complexity index is 1120. The number of ether oxygens (including phenoxy) is 1. The summed E-state index contributed by atoms with van der Waals surface area (Å²) in [6.45, 7) is 7.95. The van der Waals surface area contributed by atoms with Crippen molar-refractivity contribution in [2.24, 2.45) is 5.92 Å². The largest absolute Gasteiger partial charge is 0.444 e. The van der Waals surface area contributed by atoms with Crippen molar-refractivity contribution < 1.29 is 13.9 Å². The lowest BCUT2D eigenvalue weighted by atomic mass is 9.98. The zero-order chi connectivity index (χ0) is 23.6. The molecule has 176 valence electrons. The number of carbonyl (C=O) groups excluding carboxylic acids is 1. The number of amides is 1. The Balaban J connectivity index is 1.56. The highest BCUT2D eigenvalue weighted by molar-refractivity contribution is 6.31. The van der Waals surface area contributed by atoms with Gasteiger partial charge in [-0.3, -0.25) is 0 Å². The van der Waals surface area contributed by atoms with Crippen LogP contribution in [-0.4, -0.2) is 40.9 Å². The summed E-state index contributed by atoms with van der Waals surface area (Å²) in [5, 5.41) is 3.29. The maximum atomic E-state index is 14.6. The van der Waals surface area contributed by atoms with Gasteiger partial charge in [-0.25, -0.2) is 14.2 Å². The number of piperidine rings is 1. The van der Waals surface area contributed by atoms with E-state index >= 15 is 0 Å². The number of aromatic nitrogens is 2. The number of alkyl carbamates (subject to hydrolysis) is 1. The molecule has 0 aliphatic carbocycles. The molecular formula is C25H30ClFN4O2. The van der Waals surface area contributed by atoms with Crippen molar-refractivity contribution in [3.05, 3.63) is 58.9 Å². The molecule has 0 saturated carbocycles. The average molecular weight is 473 g/mol. The van der Waals surface area contributed by atoms with Crippen molar-refractivity contribution in [3.63, 3.8) is 0 Å². The zero-order valence-electron chi connectivity index (χ0n) is 19.3. The van der Waals surface area contributed by atoms with Crippen LogP contribution in [0.3, 0.4) is 0 Å². The van der Waals surface area contributed by atoms with Crippen molar-refractivity contribution in [3.8, 4) is 0 Å². The topological polar surface area (TPSA) is 59.4 Å². The highest BCUT2D eigenvalue weighted by atomic mass is 35.5. The molecule has 1 saturated heterocycles. The summed E-state index contributed by atoms with van der Waals surface area (Å²) in [5.74, 6) is 0.721. The summed E-state index contributed by atoms with van der Waals surface area (Å²) >= 11 is 6.34. The Morgan fingerprint density at radius 3 is 2.79 bits per heavy atom. The van der Waals surface area contributed by atoms with Crippen LogP contribution in [0.1, 0.15) is 39.2 Å². The van der Waals surface area contributed by atoms with E-state index in [1.807, 2.05) is 49.6 Å². The second kappa shape index (κ2) is 9.59. The number of nitrogens with zero attached hydrogens (tertiary/aromatic N) is 3. The molecule has 0 radical (unpaired) electrons. The summed E-state index contributed by atoms with van der Waals surface area (Å²) in [4.78, 5) is 19.2. The van der Waals surface area contributed by atoms with Gasteiger partial charge in [0, 0.05) is 30.2 Å². The van der Waals surface area contributed by atoms with Gasteiger partial charge < -0.3 is 19.5 Å². The SMILES string of the molecule is CC(C)(C)OC(=O)NC[C@H]1CCCN(c2nc3ccccc3n2Cc2c(F)cccc2Cl)C1. The third kappa shape index (κ3) is 5.58. The lowest BCUT2D eigenvalue weighted by molar-refractivity contribution is 0.0517. The van der Waals surface area contributed by atoms with Crippen molar-refractivity contribution in [1.82, 2.24) is 14.9 Å². The molecule has 2 heterocycles. The number of nitrogens with one attached hydrogen (secondary N) is 1. The molecule has 8 heteroatoms. The molecule has 0 spiro atoms. The number of benzene rings is 2. The lowest BCUT2D eigenvalue weighted by Gasteiger charge is -2.34. The fraction of sp³-hybridized carbons (Fsp3) is 0.440. The highest BCUT2D eigenvalue weighted by Gasteiger charge is 2.26. The molecule has 0 unspecified atom stereocenters. The molecule has 4 rings (SSSR count). The maximum Gasteiger partial charge on any atom is 0.407 e. The van der Waals surface area contributed by atoms with Gasteiger partial charge in [0.2, 0.25) is 5.95 Å². The molecule has 1 amide bonds. The third-order valence-electron chi connectivity index (χ3n) is 5.75. The van der Waals surface area contributed by atoms with Gasteiger partial charge in [0.25, 0.3) is 0 Å². The van der Waals surface area contributed by atoms with E-state index in [1.165, 1.54) is 6.07 Å².